The first-order chi connectivity index (χ1) is 9.04. The number of carbonyl (C=O) groups is 1. The summed E-state index contributed by atoms with van der Waals surface area (Å²) in [7, 11) is 0. The summed E-state index contributed by atoms with van der Waals surface area (Å²) in [5, 5.41) is 37.8. The van der Waals surface area contributed by atoms with Crippen molar-refractivity contribution in [2.24, 2.45) is 0 Å². The molecular formula is C9H8N4O6. The van der Waals surface area contributed by atoms with Crippen molar-refractivity contribution in [1.29, 1.82) is 0 Å². The van der Waals surface area contributed by atoms with Crippen LogP contribution in [0.2, 0.25) is 0 Å². The molecule has 0 unspecified atom stereocenters. The Bertz CT molecular complexity index is 639. The van der Waals surface area contributed by atoms with Gasteiger partial charge in [-0.3, -0.25) is 10.1 Å². The topological polar surface area (TPSA) is 152 Å². The molecule has 0 radical (unpaired) electrons. The van der Waals surface area contributed by atoms with Crippen LogP contribution in [-0.4, -0.2) is 44.1 Å². The van der Waals surface area contributed by atoms with Gasteiger partial charge in [0.25, 0.3) is 0 Å². The molecule has 10 nitrogen and oxygen atoms in total. The Balaban J connectivity index is 2.46. The molecule has 1 heterocycles. The fourth-order valence-electron chi connectivity index (χ4n) is 1.49. The molecule has 3 N–H and O–H groups in total. The predicted molar refractivity (Wildman–Crippen MR) is 60.6 cm³/mol. The summed E-state index contributed by atoms with van der Waals surface area (Å²) in [6.45, 7) is -0.654. The van der Waals surface area contributed by atoms with Crippen LogP contribution in [0, 0.1) is 10.1 Å². The van der Waals surface area contributed by atoms with Gasteiger partial charge in [-0.15, -0.1) is 0 Å². The van der Waals surface area contributed by atoms with E-state index in [0.29, 0.717) is 0 Å². The first kappa shape index (κ1) is 12.7. The van der Waals surface area contributed by atoms with Crippen LogP contribution in [0.4, 0.5) is 11.4 Å². The number of fused-ring (bicyclic) bond motifs is 1. The van der Waals surface area contributed by atoms with Crippen LogP contribution < -0.4 is 5.32 Å². The molecule has 19 heavy (non-hydrogen) atoms. The molecule has 0 spiro atoms. The number of nitro benzene ring substituents is 1. The second-order valence-corrected chi connectivity index (χ2v) is 3.57. The Morgan fingerprint density at radius 1 is 1.47 bits per heavy atom. The molecule has 2 rings (SSSR count). The Morgan fingerprint density at radius 2 is 2.16 bits per heavy atom. The number of nitro groups is 1. The quantitative estimate of drug-likeness (QED) is 0.501. The fraction of sp³-hybridized carbons (Fsp3) is 0.222. The van der Waals surface area contributed by atoms with Crippen molar-refractivity contribution in [1.82, 2.24) is 10.3 Å². The zero-order chi connectivity index (χ0) is 14.0. The van der Waals surface area contributed by atoms with E-state index in [0.717, 1.165) is 6.07 Å². The Morgan fingerprint density at radius 3 is 2.74 bits per heavy atom. The Kier molecular flexibility index (Phi) is 3.25. The van der Waals surface area contributed by atoms with Gasteiger partial charge in [0.2, 0.25) is 5.52 Å². The van der Waals surface area contributed by atoms with Crippen LogP contribution in [0.15, 0.2) is 16.8 Å². The second kappa shape index (κ2) is 4.86. The number of aromatic nitrogens is 2. The maximum absolute atomic E-state index is 10.8. The van der Waals surface area contributed by atoms with Crippen molar-refractivity contribution in [3.8, 4) is 0 Å². The number of nitrogens with zero attached hydrogens (tertiary/aromatic N) is 3. The molecule has 0 saturated carbocycles. The van der Waals surface area contributed by atoms with Gasteiger partial charge in [-0.2, -0.15) is 0 Å². The number of rotatable bonds is 5. The summed E-state index contributed by atoms with van der Waals surface area (Å²) in [6.07, 6.45) is 0. The molecule has 100 valence electrons. The second-order valence-electron chi connectivity index (χ2n) is 3.57. The summed E-state index contributed by atoms with van der Waals surface area (Å²) in [5.41, 5.74) is -0.216. The van der Waals surface area contributed by atoms with E-state index in [4.69, 9.17) is 10.2 Å². The molecule has 0 aliphatic carbocycles. The van der Waals surface area contributed by atoms with Gasteiger partial charge in [-0.05, 0) is 16.4 Å². The van der Waals surface area contributed by atoms with Gasteiger partial charge in [0.05, 0.1) is 17.2 Å². The summed E-state index contributed by atoms with van der Waals surface area (Å²) >= 11 is 0. The lowest BCUT2D eigenvalue weighted by atomic mass is 10.2. The molecule has 10 heteroatoms. The largest absolute Gasteiger partial charge is 0.480 e. The van der Waals surface area contributed by atoms with Crippen LogP contribution in [0.1, 0.15) is 0 Å². The van der Waals surface area contributed by atoms with E-state index < -0.39 is 23.5 Å². The Hall–Kier alpha value is -2.75. The Labute approximate surface area is 104 Å². The van der Waals surface area contributed by atoms with Crippen molar-refractivity contribution in [3.63, 3.8) is 0 Å². The minimum absolute atomic E-state index is 0.0221. The number of aliphatic hydroxyl groups excluding tert-OH is 1. The van der Waals surface area contributed by atoms with E-state index in [1.54, 1.807) is 0 Å². The molecule has 0 amide bonds. The number of carboxylic acid groups (broad SMARTS) is 1. The third kappa shape index (κ3) is 2.28. The number of hydrogen-bond acceptors (Lipinski definition) is 8. The number of aliphatic hydroxyl groups is 1. The molecule has 0 aliphatic rings. The molecule has 1 aromatic heterocycles. The number of nitrogens with one attached hydrogen (secondary N) is 1. The van der Waals surface area contributed by atoms with Gasteiger partial charge in [0.1, 0.15) is 6.04 Å². The lowest BCUT2D eigenvalue weighted by Crippen LogP contribution is -2.32. The predicted octanol–water partition coefficient (Wildman–Crippen LogP) is -0.0116. The van der Waals surface area contributed by atoms with E-state index in [1.807, 2.05) is 0 Å². The summed E-state index contributed by atoms with van der Waals surface area (Å²) in [6, 6.07) is 1.16. The molecule has 1 atom stereocenters. The van der Waals surface area contributed by atoms with Gasteiger partial charge < -0.3 is 15.5 Å². The lowest BCUT2D eigenvalue weighted by Gasteiger charge is -2.12. The summed E-state index contributed by atoms with van der Waals surface area (Å²) in [5.74, 6) is -1.27. The van der Waals surface area contributed by atoms with E-state index in [9.17, 15) is 14.9 Å². The van der Waals surface area contributed by atoms with E-state index in [-0.39, 0.29) is 22.4 Å². The maximum atomic E-state index is 10.8. The van der Waals surface area contributed by atoms with Crippen molar-refractivity contribution in [2.75, 3.05) is 11.9 Å². The highest BCUT2D eigenvalue weighted by Gasteiger charge is 2.22. The zero-order valence-corrected chi connectivity index (χ0v) is 9.31. The SMILES string of the molecule is O=C(O)[C@H](CO)Nc1ccc([N+](=O)[O-])c2nonc12. The summed E-state index contributed by atoms with van der Waals surface area (Å²) < 4.78 is 4.42. The smallest absolute Gasteiger partial charge is 0.328 e. The van der Waals surface area contributed by atoms with Gasteiger partial charge in [0, 0.05) is 6.07 Å². The highest BCUT2D eigenvalue weighted by Crippen LogP contribution is 2.28. The molecular weight excluding hydrogens is 260 g/mol. The summed E-state index contributed by atoms with van der Waals surface area (Å²) in [4.78, 5) is 20.9. The number of non-ortho nitro benzene ring substituents is 1. The minimum Gasteiger partial charge on any atom is -0.480 e. The number of benzene rings is 1. The van der Waals surface area contributed by atoms with Crippen LogP contribution in [-0.2, 0) is 4.79 Å². The molecule has 0 saturated heterocycles. The maximum Gasteiger partial charge on any atom is 0.328 e. The monoisotopic (exact) mass is 268 g/mol. The van der Waals surface area contributed by atoms with E-state index >= 15 is 0 Å². The molecule has 0 bridgehead atoms. The first-order valence-electron chi connectivity index (χ1n) is 5.04. The zero-order valence-electron chi connectivity index (χ0n) is 9.31. The third-order valence-electron chi connectivity index (χ3n) is 2.40. The van der Waals surface area contributed by atoms with Crippen molar-refractivity contribution in [3.05, 3.63) is 22.2 Å². The van der Waals surface area contributed by atoms with Gasteiger partial charge >= 0.3 is 11.7 Å². The number of hydrogen-bond donors (Lipinski definition) is 3. The third-order valence-corrected chi connectivity index (χ3v) is 2.40. The number of aliphatic carboxylic acids is 1. The highest BCUT2D eigenvalue weighted by atomic mass is 16.6. The van der Waals surface area contributed by atoms with Crippen LogP contribution in [0.3, 0.4) is 0 Å². The average molecular weight is 268 g/mol. The normalized spacial score (nSPS) is 12.3. The molecule has 2 aromatic rings. The number of carboxylic acids is 1. The standard InChI is InChI=1S/C9H8N4O6/c14-3-5(9(15)16)10-4-1-2-6(13(17)18)8-7(4)11-19-12-8/h1-2,5,10,14H,3H2,(H,15,16)/t5-/m0/s1. The van der Waals surface area contributed by atoms with Crippen LogP contribution >= 0.6 is 0 Å². The van der Waals surface area contributed by atoms with Gasteiger partial charge in [0.15, 0.2) is 5.52 Å². The average Bonchev–Trinajstić information content (AvgIpc) is 2.84. The van der Waals surface area contributed by atoms with Crippen LogP contribution in [0.5, 0.6) is 0 Å². The minimum atomic E-state index is -1.27. The molecule has 1 aromatic carbocycles. The molecule has 0 fully saturated rings. The number of anilines is 1. The van der Waals surface area contributed by atoms with Crippen molar-refractivity contribution in [2.45, 2.75) is 6.04 Å². The first-order valence-corrected chi connectivity index (χ1v) is 5.04. The van der Waals surface area contributed by atoms with Crippen LogP contribution in [0.25, 0.3) is 11.0 Å². The van der Waals surface area contributed by atoms with Gasteiger partial charge in [-0.1, -0.05) is 0 Å². The van der Waals surface area contributed by atoms with Gasteiger partial charge in [-0.25, -0.2) is 9.42 Å². The fourth-order valence-corrected chi connectivity index (χ4v) is 1.49. The van der Waals surface area contributed by atoms with Crippen molar-refractivity contribution >= 4 is 28.4 Å². The van der Waals surface area contributed by atoms with E-state index in [1.165, 1.54) is 6.07 Å². The lowest BCUT2D eigenvalue weighted by molar-refractivity contribution is -0.383. The van der Waals surface area contributed by atoms with Crippen molar-refractivity contribution < 1.29 is 24.6 Å². The van der Waals surface area contributed by atoms with E-state index in [2.05, 4.69) is 20.3 Å². The highest BCUT2D eigenvalue weighted by molar-refractivity contribution is 5.94. The molecule has 0 aliphatic heterocycles.